The Hall–Kier alpha value is -1.75. The van der Waals surface area contributed by atoms with E-state index >= 15 is 0 Å². The number of hydrogen-bond acceptors (Lipinski definition) is 5. The normalized spacial score (nSPS) is 11.3. The Morgan fingerprint density at radius 3 is 2.38 bits per heavy atom. The third-order valence-corrected chi connectivity index (χ3v) is 7.41. The van der Waals surface area contributed by atoms with Crippen molar-refractivity contribution in [2.75, 3.05) is 0 Å². The molecule has 4 rings (SSSR count). The molecule has 0 aliphatic heterocycles. The molecule has 7 nitrogen and oxygen atoms in total. The molecule has 0 aliphatic carbocycles. The maximum atomic E-state index is 12.9. The molecule has 0 bridgehead atoms. The fourth-order valence-electron chi connectivity index (χ4n) is 3.43. The second-order valence-electron chi connectivity index (χ2n) is 7.73. The molecular weight excluding hydrogens is 551 g/mol. The van der Waals surface area contributed by atoms with Crippen LogP contribution in [0.1, 0.15) is 33.0 Å². The Morgan fingerprint density at radius 1 is 1.06 bits per heavy atom. The van der Waals surface area contributed by atoms with Crippen molar-refractivity contribution in [2.24, 2.45) is 0 Å². The fourth-order valence-corrected chi connectivity index (χ4v) is 5.12. The van der Waals surface area contributed by atoms with Gasteiger partial charge in [0.2, 0.25) is 0 Å². The van der Waals surface area contributed by atoms with Crippen molar-refractivity contribution in [1.29, 1.82) is 0 Å². The Bertz CT molecular complexity index is 1510. The summed E-state index contributed by atoms with van der Waals surface area (Å²) < 4.78 is 30.1. The van der Waals surface area contributed by atoms with Crippen LogP contribution in [-0.2, 0) is 16.6 Å². The zero-order valence-corrected chi connectivity index (χ0v) is 21.2. The number of pyridine rings is 1. The van der Waals surface area contributed by atoms with E-state index in [0.29, 0.717) is 34.1 Å². The zero-order chi connectivity index (χ0) is 23.9. The summed E-state index contributed by atoms with van der Waals surface area (Å²) in [6.45, 7) is 5.89. The van der Waals surface area contributed by atoms with Crippen molar-refractivity contribution in [1.82, 2.24) is 19.3 Å². The molecule has 0 radical (unpaired) electrons. The van der Waals surface area contributed by atoms with Gasteiger partial charge in [-0.1, -0.05) is 51.3 Å². The van der Waals surface area contributed by atoms with E-state index in [9.17, 15) is 13.2 Å². The predicted molar refractivity (Wildman–Crippen MR) is 138 cm³/mol. The summed E-state index contributed by atoms with van der Waals surface area (Å²) in [7, 11) is -4.04. The Labute approximate surface area is 233 Å². The molecule has 0 atom stereocenters. The van der Waals surface area contributed by atoms with Crippen molar-refractivity contribution >= 4 is 84.2 Å². The van der Waals surface area contributed by atoms with E-state index in [1.807, 2.05) is 30.5 Å². The third kappa shape index (κ3) is 5.56. The molecule has 0 saturated carbocycles. The van der Waals surface area contributed by atoms with Gasteiger partial charge >= 0.3 is 29.6 Å². The van der Waals surface area contributed by atoms with Crippen LogP contribution in [0, 0.1) is 20.8 Å². The average Bonchev–Trinajstić information content (AvgIpc) is 3.06. The van der Waals surface area contributed by atoms with E-state index < -0.39 is 15.9 Å². The number of aryl methyl sites for hydroxylation is 3. The van der Waals surface area contributed by atoms with Gasteiger partial charge in [0, 0.05) is 9.50 Å². The van der Waals surface area contributed by atoms with Gasteiger partial charge < -0.3 is 4.57 Å². The minimum atomic E-state index is -4.04. The molecule has 2 aromatic carbocycles. The number of aromatic nitrogens is 3. The van der Waals surface area contributed by atoms with E-state index in [4.69, 9.17) is 11.6 Å². The molecule has 172 valence electrons. The van der Waals surface area contributed by atoms with Gasteiger partial charge in [0.25, 0.3) is 15.9 Å². The van der Waals surface area contributed by atoms with Crippen LogP contribution in [0.4, 0.5) is 0 Å². The minimum absolute atomic E-state index is 0. The maximum absolute atomic E-state index is 12.9. The second-order valence-corrected chi connectivity index (χ2v) is 10.7. The summed E-state index contributed by atoms with van der Waals surface area (Å²) in [6.07, 6.45) is 0. The first-order valence-corrected chi connectivity index (χ1v) is 12.6. The van der Waals surface area contributed by atoms with Crippen molar-refractivity contribution in [3.05, 3.63) is 86.2 Å². The molecule has 11 heteroatoms. The zero-order valence-electron chi connectivity index (χ0n) is 18.1. The van der Waals surface area contributed by atoms with Crippen LogP contribution >= 0.6 is 27.5 Å². The number of carbonyl (C=O) groups is 1. The topological polar surface area (TPSA) is 94.0 Å². The standard InChI is InChI=1S/C23H20BrClN4O3S.Na.H/c1-13-4-8-18(9-5-13)33(31,32)28-23(30)20-10-14(2)21-22(27-20)29(15(3)26-21)12-16-6-7-17(24)11-19(16)25;;/h4-11H,12H2,1-3H3,(H,28,30);;. The summed E-state index contributed by atoms with van der Waals surface area (Å²) in [5.74, 6) is -0.114. The Kier molecular flexibility index (Phi) is 8.27. The van der Waals surface area contributed by atoms with Gasteiger partial charge in [-0.15, -0.1) is 0 Å². The van der Waals surface area contributed by atoms with Gasteiger partial charge in [0.15, 0.2) is 5.65 Å². The molecular formula is C23H21BrClN4NaO3S. The van der Waals surface area contributed by atoms with Crippen molar-refractivity contribution in [3.63, 3.8) is 0 Å². The number of halogens is 2. The second kappa shape index (κ2) is 10.5. The molecule has 34 heavy (non-hydrogen) atoms. The van der Waals surface area contributed by atoms with Crippen molar-refractivity contribution < 1.29 is 13.2 Å². The summed E-state index contributed by atoms with van der Waals surface area (Å²) in [4.78, 5) is 21.9. The molecule has 0 unspecified atom stereocenters. The quantitative estimate of drug-likeness (QED) is 0.361. The van der Waals surface area contributed by atoms with Crippen LogP contribution in [0.2, 0.25) is 5.02 Å². The number of sulfonamides is 1. The van der Waals surface area contributed by atoms with Crippen LogP contribution in [0.15, 0.2) is 57.9 Å². The monoisotopic (exact) mass is 570 g/mol. The number of carbonyl (C=O) groups excluding carboxylic acids is 1. The van der Waals surface area contributed by atoms with Crippen LogP contribution in [0.25, 0.3) is 11.2 Å². The summed E-state index contributed by atoms with van der Waals surface area (Å²) in [5, 5.41) is 0.584. The van der Waals surface area contributed by atoms with Crippen LogP contribution < -0.4 is 4.72 Å². The third-order valence-electron chi connectivity index (χ3n) is 5.22. The number of amides is 1. The van der Waals surface area contributed by atoms with Gasteiger partial charge in [-0.05, 0) is 62.2 Å². The van der Waals surface area contributed by atoms with Crippen molar-refractivity contribution in [2.45, 2.75) is 32.2 Å². The number of rotatable bonds is 5. The van der Waals surface area contributed by atoms with E-state index in [0.717, 1.165) is 15.6 Å². The summed E-state index contributed by atoms with van der Waals surface area (Å²) in [6, 6.07) is 13.4. The Balaban J connectivity index is 0.00000324. The van der Waals surface area contributed by atoms with Gasteiger partial charge in [-0.25, -0.2) is 23.1 Å². The van der Waals surface area contributed by atoms with Crippen LogP contribution in [-0.4, -0.2) is 58.4 Å². The van der Waals surface area contributed by atoms with E-state index in [-0.39, 0.29) is 40.1 Å². The number of imidazole rings is 1. The van der Waals surface area contributed by atoms with Crippen molar-refractivity contribution in [3.8, 4) is 0 Å². The molecule has 0 saturated heterocycles. The fraction of sp³-hybridized carbons (Fsp3) is 0.174. The number of fused-ring (bicyclic) bond motifs is 1. The number of benzene rings is 2. The first-order chi connectivity index (χ1) is 15.5. The first-order valence-electron chi connectivity index (χ1n) is 9.97. The SMILES string of the molecule is Cc1ccc(S(=O)(=O)NC(=O)c2cc(C)c3nc(C)n(Cc4ccc(Br)cc4Cl)c3n2)cc1.[NaH]. The summed E-state index contributed by atoms with van der Waals surface area (Å²) in [5.41, 5.74) is 3.58. The molecule has 2 aromatic heterocycles. The molecule has 0 aliphatic rings. The number of nitrogens with zero attached hydrogens (tertiary/aromatic N) is 3. The van der Waals surface area contributed by atoms with E-state index in [1.165, 1.54) is 18.2 Å². The molecule has 4 aromatic rings. The molecule has 0 spiro atoms. The molecule has 0 fully saturated rings. The van der Waals surface area contributed by atoms with Gasteiger partial charge in [-0.2, -0.15) is 0 Å². The van der Waals surface area contributed by atoms with E-state index in [2.05, 4.69) is 30.6 Å². The van der Waals surface area contributed by atoms with Crippen LogP contribution in [0.3, 0.4) is 0 Å². The number of hydrogen-bond donors (Lipinski definition) is 1. The molecule has 2 heterocycles. The van der Waals surface area contributed by atoms with Gasteiger partial charge in [-0.3, -0.25) is 4.79 Å². The molecule has 1 N–H and O–H groups in total. The van der Waals surface area contributed by atoms with Crippen LogP contribution in [0.5, 0.6) is 0 Å². The van der Waals surface area contributed by atoms with E-state index in [1.54, 1.807) is 25.1 Å². The average molecular weight is 572 g/mol. The first kappa shape index (κ1) is 26.8. The predicted octanol–water partition coefficient (Wildman–Crippen LogP) is 4.29. The Morgan fingerprint density at radius 2 is 1.74 bits per heavy atom. The number of nitrogens with one attached hydrogen (secondary N) is 1. The molecule has 1 amide bonds. The van der Waals surface area contributed by atoms with Gasteiger partial charge in [0.1, 0.15) is 17.0 Å². The van der Waals surface area contributed by atoms with Gasteiger partial charge in [0.05, 0.1) is 11.4 Å². The summed E-state index contributed by atoms with van der Waals surface area (Å²) >= 11 is 9.79.